The number of thiazole rings is 2. The number of benzene rings is 3. The summed E-state index contributed by atoms with van der Waals surface area (Å²) in [5, 5.41) is 11.6. The number of hydrogen-bond acceptors (Lipinski definition) is 8. The summed E-state index contributed by atoms with van der Waals surface area (Å²) in [6.45, 7) is 9.09. The van der Waals surface area contributed by atoms with Crippen molar-refractivity contribution in [3.63, 3.8) is 0 Å². The van der Waals surface area contributed by atoms with E-state index in [1.807, 2.05) is 0 Å². The lowest BCUT2D eigenvalue weighted by Gasteiger charge is -2.31. The number of para-hydroxylation sites is 2. The number of hydrogen-bond donors (Lipinski definition) is 2. The van der Waals surface area contributed by atoms with Gasteiger partial charge >= 0.3 is 0 Å². The quantitative estimate of drug-likeness (QED) is 0.225. The highest BCUT2D eigenvalue weighted by atomic mass is 32.2. The Morgan fingerprint density at radius 1 is 0.647 bits per heavy atom. The predicted molar refractivity (Wildman–Crippen MR) is 150 cm³/mol. The number of fused-ring (bicyclic) bond motifs is 2. The third kappa shape index (κ3) is 3.96. The van der Waals surface area contributed by atoms with Crippen LogP contribution < -0.4 is 10.3 Å². The topological polar surface area (TPSA) is 77.8 Å². The summed E-state index contributed by atoms with van der Waals surface area (Å²) in [6, 6.07) is 21.8. The Morgan fingerprint density at radius 2 is 1.06 bits per heavy atom. The molecule has 0 atom stereocenters. The van der Waals surface area contributed by atoms with Crippen molar-refractivity contribution in [1.82, 2.24) is 9.97 Å². The van der Waals surface area contributed by atoms with Crippen molar-refractivity contribution >= 4 is 67.0 Å². The van der Waals surface area contributed by atoms with Gasteiger partial charge in [0.05, 0.1) is 20.4 Å². The van der Waals surface area contributed by atoms with Crippen LogP contribution in [0.1, 0.15) is 49.9 Å². The van der Waals surface area contributed by atoms with Crippen LogP contribution in [0.3, 0.4) is 0 Å². The van der Waals surface area contributed by atoms with E-state index >= 15 is 0 Å². The predicted octanol–water partition coefficient (Wildman–Crippen LogP) is 7.49. The SMILES string of the molecule is CC(C)(c1cccc(C(C)(C)c2cccc3sc(SN)nc23)c1)c1cccc2sc(SN)nc12. The molecular formula is C26H26N4S4. The molecule has 0 saturated carbocycles. The Kier molecular flexibility index (Phi) is 6.25. The number of nitrogens with zero attached hydrogens (tertiary/aromatic N) is 2. The molecule has 2 aromatic heterocycles. The van der Waals surface area contributed by atoms with Crippen molar-refractivity contribution in [1.29, 1.82) is 0 Å². The molecule has 5 aromatic rings. The van der Waals surface area contributed by atoms with E-state index in [9.17, 15) is 0 Å². The van der Waals surface area contributed by atoms with Gasteiger partial charge in [0.15, 0.2) is 8.68 Å². The summed E-state index contributed by atoms with van der Waals surface area (Å²) in [7, 11) is 0. The highest BCUT2D eigenvalue weighted by molar-refractivity contribution is 7.99. The van der Waals surface area contributed by atoms with E-state index in [1.54, 1.807) is 22.7 Å². The molecule has 0 saturated heterocycles. The lowest BCUT2D eigenvalue weighted by Crippen LogP contribution is -2.23. The van der Waals surface area contributed by atoms with Crippen molar-refractivity contribution in [2.45, 2.75) is 47.2 Å². The highest BCUT2D eigenvalue weighted by Crippen LogP contribution is 2.42. The Bertz CT molecular complexity index is 1390. The van der Waals surface area contributed by atoms with Gasteiger partial charge in [0.1, 0.15) is 0 Å². The van der Waals surface area contributed by atoms with E-state index in [4.69, 9.17) is 20.2 Å². The smallest absolute Gasteiger partial charge is 0.165 e. The van der Waals surface area contributed by atoms with Gasteiger partial charge in [-0.05, 0) is 58.3 Å². The molecule has 0 aliphatic carbocycles. The first-order valence-corrected chi connectivity index (χ1v) is 14.3. The van der Waals surface area contributed by atoms with Gasteiger partial charge in [-0.1, -0.05) is 76.2 Å². The molecule has 5 rings (SSSR count). The van der Waals surface area contributed by atoms with Crippen molar-refractivity contribution in [3.05, 3.63) is 82.9 Å². The highest BCUT2D eigenvalue weighted by Gasteiger charge is 2.31. The van der Waals surface area contributed by atoms with Crippen LogP contribution in [0.15, 0.2) is 69.3 Å². The van der Waals surface area contributed by atoms with Crippen molar-refractivity contribution in [2.24, 2.45) is 10.3 Å². The van der Waals surface area contributed by atoms with Crippen LogP contribution >= 0.6 is 46.6 Å². The first kappa shape index (κ1) is 23.8. The largest absolute Gasteiger partial charge is 0.272 e. The third-order valence-electron chi connectivity index (χ3n) is 6.65. The summed E-state index contributed by atoms with van der Waals surface area (Å²) >= 11 is 5.71. The van der Waals surface area contributed by atoms with Gasteiger partial charge in [-0.2, -0.15) is 0 Å². The second kappa shape index (κ2) is 8.93. The fourth-order valence-electron chi connectivity index (χ4n) is 4.57. The zero-order valence-corrected chi connectivity index (χ0v) is 22.7. The van der Waals surface area contributed by atoms with E-state index in [1.165, 1.54) is 55.5 Å². The molecule has 0 radical (unpaired) electrons. The maximum atomic E-state index is 5.81. The number of rotatable bonds is 6. The summed E-state index contributed by atoms with van der Waals surface area (Å²) in [5.41, 5.74) is 6.54. The second-order valence-electron chi connectivity index (χ2n) is 9.33. The van der Waals surface area contributed by atoms with Crippen LogP contribution in [-0.4, -0.2) is 9.97 Å². The first-order valence-electron chi connectivity index (χ1n) is 10.9. The first-order chi connectivity index (χ1) is 16.3. The fourth-order valence-corrected chi connectivity index (χ4v) is 7.23. The van der Waals surface area contributed by atoms with Crippen LogP contribution in [0.4, 0.5) is 0 Å². The minimum absolute atomic E-state index is 0.230. The van der Waals surface area contributed by atoms with Crippen LogP contribution in [0.5, 0.6) is 0 Å². The zero-order valence-electron chi connectivity index (χ0n) is 19.5. The fraction of sp³-hybridized carbons (Fsp3) is 0.231. The van der Waals surface area contributed by atoms with Gasteiger partial charge < -0.3 is 0 Å². The summed E-state index contributed by atoms with van der Waals surface area (Å²) in [4.78, 5) is 9.65. The number of aromatic nitrogens is 2. The third-order valence-corrected chi connectivity index (χ3v) is 9.95. The molecule has 34 heavy (non-hydrogen) atoms. The molecule has 0 spiro atoms. The average Bonchev–Trinajstić information content (AvgIpc) is 3.47. The van der Waals surface area contributed by atoms with E-state index in [0.717, 1.165) is 19.7 Å². The van der Waals surface area contributed by atoms with E-state index in [-0.39, 0.29) is 10.8 Å². The van der Waals surface area contributed by atoms with Crippen molar-refractivity contribution in [2.75, 3.05) is 0 Å². The van der Waals surface area contributed by atoms with Crippen LogP contribution in [0.25, 0.3) is 20.4 Å². The van der Waals surface area contributed by atoms with E-state index < -0.39 is 0 Å². The standard InChI is InChI=1S/C26H26N4S4/c1-25(2,17-10-6-12-19-21(17)29-23(31-19)33-27)15-8-5-9-16(14-15)26(3,4)18-11-7-13-20-22(18)30-24(32-20)34-28/h5-14H,27-28H2,1-4H3. The lowest BCUT2D eigenvalue weighted by atomic mass is 9.73. The molecule has 8 heteroatoms. The molecule has 0 aliphatic heterocycles. The molecule has 0 bridgehead atoms. The Hall–Kier alpha value is -1.94. The van der Waals surface area contributed by atoms with Crippen molar-refractivity contribution in [3.8, 4) is 0 Å². The molecule has 0 fully saturated rings. The second-order valence-corrected chi connectivity index (χ2v) is 13.2. The summed E-state index contributed by atoms with van der Waals surface area (Å²) < 4.78 is 4.11. The van der Waals surface area contributed by atoms with Gasteiger partial charge in [-0.15, -0.1) is 22.7 Å². The van der Waals surface area contributed by atoms with E-state index in [0.29, 0.717) is 0 Å². The summed E-state index contributed by atoms with van der Waals surface area (Å²) in [6.07, 6.45) is 0. The lowest BCUT2D eigenvalue weighted by molar-refractivity contribution is 0.622. The maximum Gasteiger partial charge on any atom is 0.165 e. The van der Waals surface area contributed by atoms with Crippen LogP contribution in [0.2, 0.25) is 0 Å². The molecule has 4 nitrogen and oxygen atoms in total. The maximum absolute atomic E-state index is 5.81. The van der Waals surface area contributed by atoms with E-state index in [2.05, 4.69) is 88.4 Å². The minimum Gasteiger partial charge on any atom is -0.272 e. The molecule has 4 N–H and O–H groups in total. The van der Waals surface area contributed by atoms with Gasteiger partial charge in [-0.3, -0.25) is 10.3 Å². The van der Waals surface area contributed by atoms with Gasteiger partial charge in [0, 0.05) is 10.8 Å². The Balaban J connectivity index is 1.62. The molecule has 0 aliphatic rings. The molecule has 2 heterocycles. The monoisotopic (exact) mass is 522 g/mol. The molecular weight excluding hydrogens is 497 g/mol. The average molecular weight is 523 g/mol. The zero-order chi connectivity index (χ0) is 24.1. The van der Waals surface area contributed by atoms with Gasteiger partial charge in [0.25, 0.3) is 0 Å². The minimum atomic E-state index is -0.230. The normalized spacial score (nSPS) is 12.6. The van der Waals surface area contributed by atoms with Crippen LogP contribution in [0, 0.1) is 0 Å². The molecule has 174 valence electrons. The van der Waals surface area contributed by atoms with Gasteiger partial charge in [0.2, 0.25) is 0 Å². The Morgan fingerprint density at radius 3 is 1.47 bits per heavy atom. The van der Waals surface area contributed by atoms with Gasteiger partial charge in [-0.25, -0.2) is 9.97 Å². The Labute approximate surface area is 216 Å². The molecule has 0 unspecified atom stereocenters. The van der Waals surface area contributed by atoms with Crippen molar-refractivity contribution < 1.29 is 0 Å². The number of nitrogens with two attached hydrogens (primary N) is 2. The molecule has 3 aromatic carbocycles. The van der Waals surface area contributed by atoms with Crippen LogP contribution in [-0.2, 0) is 10.8 Å². The molecule has 0 amide bonds. The summed E-state index contributed by atoms with van der Waals surface area (Å²) in [5.74, 6) is 0.